The highest BCUT2D eigenvalue weighted by atomic mass is 15.0. The van der Waals surface area contributed by atoms with Crippen LogP contribution in [-0.2, 0) is 0 Å². The highest BCUT2D eigenvalue weighted by Crippen LogP contribution is 2.44. The van der Waals surface area contributed by atoms with E-state index in [0.29, 0.717) is 11.1 Å². The molecule has 0 unspecified atom stereocenters. The van der Waals surface area contributed by atoms with Gasteiger partial charge in [0.1, 0.15) is 0 Å². The summed E-state index contributed by atoms with van der Waals surface area (Å²) in [7, 11) is 0. The number of fused-ring (bicyclic) bond motifs is 9. The van der Waals surface area contributed by atoms with Gasteiger partial charge in [0.15, 0.2) is 0 Å². The second-order valence-corrected chi connectivity index (χ2v) is 10.8. The molecule has 0 fully saturated rings. The van der Waals surface area contributed by atoms with Crippen LogP contribution in [0.15, 0.2) is 121 Å². The molecule has 9 rings (SSSR count). The summed E-state index contributed by atoms with van der Waals surface area (Å²) in [4.78, 5) is 0. The lowest BCUT2D eigenvalue weighted by Gasteiger charge is -2.14. The van der Waals surface area contributed by atoms with Crippen LogP contribution in [-0.4, -0.2) is 8.97 Å². The Morgan fingerprint density at radius 1 is 0.452 bits per heavy atom. The summed E-state index contributed by atoms with van der Waals surface area (Å²) >= 11 is 0. The Bertz CT molecular complexity index is 2620. The first-order chi connectivity index (χ1) is 20.8. The van der Waals surface area contributed by atoms with Crippen molar-refractivity contribution in [2.75, 3.05) is 0 Å². The molecule has 3 heterocycles. The first kappa shape index (κ1) is 22.7. The molecule has 9 aromatic rings. The van der Waals surface area contributed by atoms with Crippen LogP contribution in [0.4, 0.5) is 0 Å². The van der Waals surface area contributed by atoms with Crippen molar-refractivity contribution in [3.05, 3.63) is 132 Å². The lowest BCUT2D eigenvalue weighted by atomic mass is 9.98. The van der Waals surface area contributed by atoms with Crippen LogP contribution in [0.5, 0.6) is 0 Å². The van der Waals surface area contributed by atoms with Crippen molar-refractivity contribution in [2.45, 2.75) is 0 Å². The molecule has 0 saturated heterocycles. The third-order valence-corrected chi connectivity index (χ3v) is 8.66. The van der Waals surface area contributed by atoms with E-state index in [2.05, 4.69) is 124 Å². The summed E-state index contributed by atoms with van der Waals surface area (Å²) in [6, 6.07) is 46.5. The summed E-state index contributed by atoms with van der Waals surface area (Å²) in [5.41, 5.74) is 9.60. The molecular formula is C38H20N4. The largest absolute Gasteiger partial charge is 0.306 e. The van der Waals surface area contributed by atoms with Crippen molar-refractivity contribution in [2.24, 2.45) is 0 Å². The summed E-state index contributed by atoms with van der Waals surface area (Å²) in [5.74, 6) is 0. The van der Waals surface area contributed by atoms with Gasteiger partial charge >= 0.3 is 0 Å². The number of nitrogens with zero attached hydrogens (tertiary/aromatic N) is 4. The van der Waals surface area contributed by atoms with Gasteiger partial charge in [-0.3, -0.25) is 0 Å². The van der Waals surface area contributed by atoms with Gasteiger partial charge in [0.2, 0.25) is 0 Å². The minimum atomic E-state index is 0.473. The first-order valence-electron chi connectivity index (χ1n) is 13.9. The fraction of sp³-hybridized carbons (Fsp3) is 0. The summed E-state index contributed by atoms with van der Waals surface area (Å²) in [5, 5.41) is 26.7. The fourth-order valence-electron chi connectivity index (χ4n) is 7.05. The predicted molar refractivity (Wildman–Crippen MR) is 170 cm³/mol. The monoisotopic (exact) mass is 532 g/mol. The number of para-hydroxylation sites is 5. The maximum atomic E-state index is 9.75. The van der Waals surface area contributed by atoms with Crippen LogP contribution in [0, 0.1) is 22.7 Å². The van der Waals surface area contributed by atoms with Crippen molar-refractivity contribution >= 4 is 59.9 Å². The molecule has 0 amide bonds. The van der Waals surface area contributed by atoms with E-state index in [1.807, 2.05) is 12.1 Å². The Kier molecular flexibility index (Phi) is 4.43. The van der Waals surface area contributed by atoms with Crippen LogP contribution >= 0.6 is 0 Å². The zero-order valence-corrected chi connectivity index (χ0v) is 22.3. The molecule has 4 nitrogen and oxygen atoms in total. The third kappa shape index (κ3) is 2.83. The summed E-state index contributed by atoms with van der Waals surface area (Å²) in [6.07, 6.45) is 0. The molecular weight excluding hydrogens is 512 g/mol. The van der Waals surface area contributed by atoms with E-state index in [-0.39, 0.29) is 0 Å². The number of rotatable bonds is 2. The SMILES string of the molecule is N#Cc1cc(C#N)cc(-c2cccc3c4ccccc4n(-c4cccc5c6cccc7c8ccccc8n(c45)c76)c23)c1. The van der Waals surface area contributed by atoms with E-state index in [9.17, 15) is 10.5 Å². The van der Waals surface area contributed by atoms with E-state index in [4.69, 9.17) is 0 Å². The molecule has 0 aliphatic rings. The molecule has 0 radical (unpaired) electrons. The van der Waals surface area contributed by atoms with Gasteiger partial charge in [0.05, 0.1) is 56.5 Å². The highest BCUT2D eigenvalue weighted by Gasteiger charge is 2.23. The van der Waals surface area contributed by atoms with Crippen molar-refractivity contribution in [1.29, 1.82) is 10.5 Å². The Balaban J connectivity index is 1.51. The maximum Gasteiger partial charge on any atom is 0.0992 e. The predicted octanol–water partition coefficient (Wildman–Crippen LogP) is 9.34. The lowest BCUT2D eigenvalue weighted by molar-refractivity contribution is 1.18. The summed E-state index contributed by atoms with van der Waals surface area (Å²) < 4.78 is 4.80. The van der Waals surface area contributed by atoms with Gasteiger partial charge in [0.25, 0.3) is 0 Å². The van der Waals surface area contributed by atoms with Crippen molar-refractivity contribution in [3.63, 3.8) is 0 Å². The minimum Gasteiger partial charge on any atom is -0.306 e. The highest BCUT2D eigenvalue weighted by molar-refractivity contribution is 6.25. The molecule has 6 aromatic carbocycles. The van der Waals surface area contributed by atoms with Crippen LogP contribution in [0.25, 0.3) is 76.7 Å². The zero-order chi connectivity index (χ0) is 27.9. The number of hydrogen-bond donors (Lipinski definition) is 0. The van der Waals surface area contributed by atoms with Gasteiger partial charge < -0.3 is 8.97 Å². The molecule has 0 bridgehead atoms. The normalized spacial score (nSPS) is 11.8. The van der Waals surface area contributed by atoms with Gasteiger partial charge in [-0.15, -0.1) is 0 Å². The van der Waals surface area contributed by atoms with Crippen molar-refractivity contribution in [3.8, 4) is 29.0 Å². The second kappa shape index (κ2) is 8.21. The third-order valence-electron chi connectivity index (χ3n) is 8.66. The Labute approximate surface area is 240 Å². The molecule has 0 atom stereocenters. The van der Waals surface area contributed by atoms with E-state index in [1.54, 1.807) is 6.07 Å². The van der Waals surface area contributed by atoms with Crippen molar-refractivity contribution in [1.82, 2.24) is 8.97 Å². The number of benzene rings is 6. The van der Waals surface area contributed by atoms with Gasteiger partial charge in [-0.05, 0) is 42.0 Å². The molecule has 3 aromatic heterocycles. The topological polar surface area (TPSA) is 56.9 Å². The summed E-state index contributed by atoms with van der Waals surface area (Å²) in [6.45, 7) is 0. The fourth-order valence-corrected chi connectivity index (χ4v) is 7.05. The second-order valence-electron chi connectivity index (χ2n) is 10.8. The molecule has 0 aliphatic carbocycles. The molecule has 192 valence electrons. The number of nitriles is 2. The Morgan fingerprint density at radius 3 is 1.69 bits per heavy atom. The van der Waals surface area contributed by atoms with Crippen molar-refractivity contribution < 1.29 is 0 Å². The standard InChI is InChI=1S/C38H20N4/c39-21-23-18-24(22-40)20-25(19-23)26-10-5-11-29-27-8-1-3-15-33(27)41(36(26)29)35-17-7-14-32-31-13-6-12-30-28-9-2-4-16-34(28)42(37(30)31)38(32)35/h1-20H. The van der Waals surface area contributed by atoms with E-state index in [1.165, 1.54) is 32.6 Å². The van der Waals surface area contributed by atoms with Gasteiger partial charge in [-0.1, -0.05) is 84.9 Å². The van der Waals surface area contributed by atoms with Crippen LogP contribution in [0.2, 0.25) is 0 Å². The van der Waals surface area contributed by atoms with Crippen LogP contribution in [0.3, 0.4) is 0 Å². The molecule has 0 N–H and O–H groups in total. The van der Waals surface area contributed by atoms with E-state index >= 15 is 0 Å². The Hall–Kier alpha value is -6.10. The first-order valence-corrected chi connectivity index (χ1v) is 13.9. The molecule has 42 heavy (non-hydrogen) atoms. The Morgan fingerprint density at radius 2 is 0.976 bits per heavy atom. The average molecular weight is 533 g/mol. The van der Waals surface area contributed by atoms with Gasteiger partial charge in [0, 0.05) is 37.9 Å². The molecule has 4 heteroatoms. The number of hydrogen-bond acceptors (Lipinski definition) is 2. The number of aromatic nitrogens is 2. The molecule has 0 saturated carbocycles. The lowest BCUT2D eigenvalue weighted by Crippen LogP contribution is -1.98. The smallest absolute Gasteiger partial charge is 0.0992 e. The average Bonchev–Trinajstić information content (AvgIpc) is 3.69. The van der Waals surface area contributed by atoms with E-state index in [0.717, 1.165) is 44.1 Å². The van der Waals surface area contributed by atoms with Gasteiger partial charge in [-0.2, -0.15) is 10.5 Å². The van der Waals surface area contributed by atoms with Crippen LogP contribution < -0.4 is 0 Å². The zero-order valence-electron chi connectivity index (χ0n) is 22.3. The molecule has 0 aliphatic heterocycles. The van der Waals surface area contributed by atoms with E-state index < -0.39 is 0 Å². The maximum absolute atomic E-state index is 9.75. The quantitative estimate of drug-likeness (QED) is 0.223. The minimum absolute atomic E-state index is 0.473. The molecule has 0 spiro atoms. The van der Waals surface area contributed by atoms with Crippen LogP contribution in [0.1, 0.15) is 11.1 Å². The van der Waals surface area contributed by atoms with Gasteiger partial charge in [-0.25, -0.2) is 0 Å².